The van der Waals surface area contributed by atoms with Crippen LogP contribution in [0.15, 0.2) is 24.5 Å². The van der Waals surface area contributed by atoms with Gasteiger partial charge in [0.05, 0.1) is 6.17 Å². The topological polar surface area (TPSA) is 15.3 Å². The fourth-order valence-corrected chi connectivity index (χ4v) is 2.32. The maximum Gasteiger partial charge on any atom is 0.1000 e. The molecule has 94 valence electrons. The van der Waals surface area contributed by atoms with Crippen LogP contribution in [-0.4, -0.2) is 6.17 Å². The largest absolute Gasteiger partial charge is 0.370 e. The predicted octanol–water partition coefficient (Wildman–Crippen LogP) is 3.86. The van der Waals surface area contributed by atoms with E-state index in [0.29, 0.717) is 6.17 Å². The third-order valence-electron chi connectivity index (χ3n) is 2.88. The monoisotopic (exact) mass is 232 g/mol. The number of nitrogens with one attached hydrogen (secondary N) is 1. The van der Waals surface area contributed by atoms with E-state index in [-0.39, 0.29) is 0 Å². The van der Waals surface area contributed by atoms with Gasteiger partial charge in [0, 0.05) is 18.1 Å². The fourth-order valence-electron chi connectivity index (χ4n) is 2.32. The normalized spacial score (nSPS) is 17.5. The molecule has 1 aromatic carbocycles. The van der Waals surface area contributed by atoms with Crippen LogP contribution in [0.1, 0.15) is 37.5 Å². The van der Waals surface area contributed by atoms with Gasteiger partial charge in [0.25, 0.3) is 0 Å². The molecule has 17 heavy (non-hydrogen) atoms. The first-order chi connectivity index (χ1) is 8.09. The van der Waals surface area contributed by atoms with Gasteiger partial charge in [0.1, 0.15) is 0 Å². The van der Waals surface area contributed by atoms with Crippen molar-refractivity contribution in [3.8, 4) is 0 Å². The van der Waals surface area contributed by atoms with Crippen molar-refractivity contribution in [2.75, 3.05) is 4.90 Å². The van der Waals surface area contributed by atoms with Gasteiger partial charge in [0.2, 0.25) is 0 Å². The van der Waals surface area contributed by atoms with Crippen molar-refractivity contribution < 1.29 is 0 Å². The summed E-state index contributed by atoms with van der Waals surface area (Å²) in [5.74, 6) is 0. The Morgan fingerprint density at radius 1 is 1.06 bits per heavy atom. The van der Waals surface area contributed by atoms with Gasteiger partial charge in [-0.1, -0.05) is 31.5 Å². The maximum absolute atomic E-state index is 3.28. The fraction of sp³-hybridized carbons (Fsp3) is 0.467. The lowest BCUT2D eigenvalue weighted by Gasteiger charge is -2.26. The van der Waals surface area contributed by atoms with Gasteiger partial charge in [-0.3, -0.25) is 0 Å². The summed E-state index contributed by atoms with van der Waals surface area (Å²) >= 11 is 0. The molecule has 1 aromatic rings. The number of rotatable bonds is 1. The van der Waals surface area contributed by atoms with Crippen LogP contribution in [-0.2, 0) is 0 Å². The molecule has 0 aromatic heterocycles. The molecule has 2 nitrogen and oxygen atoms in total. The van der Waals surface area contributed by atoms with Crippen molar-refractivity contribution in [2.45, 2.75) is 47.7 Å². The van der Waals surface area contributed by atoms with Crippen molar-refractivity contribution in [3.63, 3.8) is 0 Å². The highest BCUT2D eigenvalue weighted by molar-refractivity contribution is 5.63. The van der Waals surface area contributed by atoms with Crippen LogP contribution in [0.4, 0.5) is 5.69 Å². The number of hydrogen-bond acceptors (Lipinski definition) is 2. The van der Waals surface area contributed by atoms with Gasteiger partial charge in [0.15, 0.2) is 0 Å². The smallest absolute Gasteiger partial charge is 0.1000 e. The van der Waals surface area contributed by atoms with E-state index in [1.807, 2.05) is 20.0 Å². The minimum absolute atomic E-state index is 0.352. The van der Waals surface area contributed by atoms with Crippen LogP contribution in [0.25, 0.3) is 0 Å². The van der Waals surface area contributed by atoms with Gasteiger partial charge in [-0.15, -0.1) is 0 Å². The second-order valence-electron chi connectivity index (χ2n) is 4.31. The first-order valence-corrected chi connectivity index (χ1v) is 6.38. The van der Waals surface area contributed by atoms with E-state index in [0.717, 1.165) is 0 Å². The number of hydrogen-bond donors (Lipinski definition) is 1. The van der Waals surface area contributed by atoms with Gasteiger partial charge >= 0.3 is 0 Å². The minimum atomic E-state index is 0.352. The van der Waals surface area contributed by atoms with Crippen molar-refractivity contribution >= 4 is 5.69 Å². The molecule has 0 saturated heterocycles. The third kappa shape index (κ3) is 2.82. The average molecular weight is 232 g/mol. The third-order valence-corrected chi connectivity index (χ3v) is 2.88. The minimum Gasteiger partial charge on any atom is -0.370 e. The molecule has 0 bridgehead atoms. The SMILES string of the molecule is CC.Cc1cc(C)c(N2C=CNC2C)c(C)c1. The maximum atomic E-state index is 3.28. The highest BCUT2D eigenvalue weighted by Gasteiger charge is 2.18. The lowest BCUT2D eigenvalue weighted by molar-refractivity contribution is 0.681. The van der Waals surface area contributed by atoms with Crippen LogP contribution in [0.3, 0.4) is 0 Å². The Hall–Kier alpha value is -1.44. The first-order valence-electron chi connectivity index (χ1n) is 6.38. The van der Waals surface area contributed by atoms with E-state index >= 15 is 0 Å². The number of nitrogens with zero attached hydrogens (tertiary/aromatic N) is 1. The molecule has 1 atom stereocenters. The molecule has 0 fully saturated rings. The Morgan fingerprint density at radius 2 is 1.59 bits per heavy atom. The molecular weight excluding hydrogens is 208 g/mol. The van der Waals surface area contributed by atoms with E-state index in [1.54, 1.807) is 0 Å². The van der Waals surface area contributed by atoms with E-state index in [2.05, 4.69) is 56.2 Å². The predicted molar refractivity (Wildman–Crippen MR) is 76.2 cm³/mol. The Labute approximate surface area is 105 Å². The Bertz CT molecular complexity index is 384. The van der Waals surface area contributed by atoms with E-state index in [9.17, 15) is 0 Å². The molecule has 1 N–H and O–H groups in total. The van der Waals surface area contributed by atoms with Crippen LogP contribution in [0, 0.1) is 20.8 Å². The molecule has 1 aliphatic rings. The van der Waals surface area contributed by atoms with Crippen molar-refractivity contribution in [3.05, 3.63) is 41.2 Å². The van der Waals surface area contributed by atoms with Crippen LogP contribution in [0.2, 0.25) is 0 Å². The lowest BCUT2D eigenvalue weighted by Crippen LogP contribution is -2.32. The first kappa shape index (κ1) is 13.6. The summed E-state index contributed by atoms with van der Waals surface area (Å²) in [6.45, 7) is 12.7. The van der Waals surface area contributed by atoms with Crippen LogP contribution in [0.5, 0.6) is 0 Å². The summed E-state index contributed by atoms with van der Waals surface area (Å²) in [6.07, 6.45) is 4.46. The molecule has 1 aliphatic heterocycles. The van der Waals surface area contributed by atoms with Gasteiger partial charge in [-0.2, -0.15) is 0 Å². The Kier molecular flexibility index (Phi) is 4.62. The number of benzene rings is 1. The second-order valence-corrected chi connectivity index (χ2v) is 4.31. The Morgan fingerprint density at radius 3 is 2.00 bits per heavy atom. The zero-order valence-electron chi connectivity index (χ0n) is 11.8. The van der Waals surface area contributed by atoms with Gasteiger partial charge < -0.3 is 10.2 Å². The lowest BCUT2D eigenvalue weighted by atomic mass is 10.0. The number of anilines is 1. The zero-order chi connectivity index (χ0) is 13.0. The highest BCUT2D eigenvalue weighted by Crippen LogP contribution is 2.28. The standard InChI is InChI=1S/C13H18N2.C2H6/c1-9-7-10(2)13(11(3)8-9)15-6-5-14-12(15)4;1-2/h5-8,12,14H,1-4H3;1-2H3. The molecule has 2 rings (SSSR count). The molecule has 0 amide bonds. The van der Waals surface area contributed by atoms with Crippen molar-refractivity contribution in [1.82, 2.24) is 5.32 Å². The summed E-state index contributed by atoms with van der Waals surface area (Å²) in [4.78, 5) is 2.28. The summed E-state index contributed by atoms with van der Waals surface area (Å²) in [6, 6.07) is 4.47. The summed E-state index contributed by atoms with van der Waals surface area (Å²) in [7, 11) is 0. The molecule has 1 unspecified atom stereocenters. The van der Waals surface area contributed by atoms with Gasteiger partial charge in [-0.05, 0) is 38.8 Å². The van der Waals surface area contributed by atoms with Crippen molar-refractivity contribution in [1.29, 1.82) is 0 Å². The second kappa shape index (κ2) is 5.76. The van der Waals surface area contributed by atoms with Gasteiger partial charge in [-0.25, -0.2) is 0 Å². The van der Waals surface area contributed by atoms with Crippen molar-refractivity contribution in [2.24, 2.45) is 0 Å². The van der Waals surface area contributed by atoms with Crippen LogP contribution >= 0.6 is 0 Å². The van der Waals surface area contributed by atoms with E-state index < -0.39 is 0 Å². The molecule has 1 heterocycles. The zero-order valence-corrected chi connectivity index (χ0v) is 11.8. The quantitative estimate of drug-likeness (QED) is 0.791. The molecule has 0 aliphatic carbocycles. The van der Waals surface area contributed by atoms with E-state index in [1.165, 1.54) is 22.4 Å². The summed E-state index contributed by atoms with van der Waals surface area (Å²) in [5.41, 5.74) is 5.34. The molecule has 2 heteroatoms. The average Bonchev–Trinajstić information content (AvgIpc) is 2.66. The van der Waals surface area contributed by atoms with E-state index in [4.69, 9.17) is 0 Å². The molecular formula is C15H24N2. The molecule has 0 spiro atoms. The highest BCUT2D eigenvalue weighted by atomic mass is 15.3. The molecule has 0 saturated carbocycles. The Balaban J connectivity index is 0.000000686. The number of aryl methyl sites for hydroxylation is 3. The molecule has 0 radical (unpaired) electrons. The summed E-state index contributed by atoms with van der Waals surface area (Å²) in [5, 5.41) is 3.28. The summed E-state index contributed by atoms with van der Waals surface area (Å²) < 4.78 is 0. The van der Waals surface area contributed by atoms with Crippen LogP contribution < -0.4 is 10.2 Å².